The Bertz CT molecular complexity index is 271. The number of rotatable bonds is 2. The highest BCUT2D eigenvalue weighted by molar-refractivity contribution is 6.64. The first kappa shape index (κ1) is 8.56. The van der Waals surface area contributed by atoms with E-state index in [1.165, 1.54) is 6.07 Å². The van der Waals surface area contributed by atoms with Crippen LogP contribution in [0.4, 0.5) is 0 Å². The summed E-state index contributed by atoms with van der Waals surface area (Å²) in [6.45, 7) is 1.62. The summed E-state index contributed by atoms with van der Waals surface area (Å²) in [5.41, 5.74) is 0. The van der Waals surface area contributed by atoms with Crippen LogP contribution in [0.5, 0.6) is 0 Å². The number of carbonyl (C=O) groups excluding carboxylic acids is 1. The first-order chi connectivity index (χ1) is 5.11. The van der Waals surface area contributed by atoms with Gasteiger partial charge in [-0.15, -0.1) is 0 Å². The Morgan fingerprint density at radius 3 is 2.82 bits per heavy atom. The summed E-state index contributed by atoms with van der Waals surface area (Å²) in [5, 5.41) is 3.14. The first-order valence-electron chi connectivity index (χ1n) is 2.92. The van der Waals surface area contributed by atoms with Crippen molar-refractivity contribution < 1.29 is 9.32 Å². The topological polar surface area (TPSA) is 43.1 Å². The molecule has 60 valence electrons. The fourth-order valence-electron chi connectivity index (χ4n) is 0.582. The summed E-state index contributed by atoms with van der Waals surface area (Å²) in [6.07, 6.45) is 0. The molecule has 1 unspecified atom stereocenters. The van der Waals surface area contributed by atoms with E-state index >= 15 is 0 Å². The highest BCUT2D eigenvalue weighted by Gasteiger charge is 2.17. The summed E-state index contributed by atoms with van der Waals surface area (Å²) in [5.74, 6) is -0.105. The van der Waals surface area contributed by atoms with Gasteiger partial charge in [-0.05, 0) is 18.5 Å². The maximum atomic E-state index is 10.6. The van der Waals surface area contributed by atoms with Crippen LogP contribution in [0.15, 0.2) is 10.6 Å². The molecule has 0 aromatic carbocycles. The fourth-order valence-corrected chi connectivity index (χ4v) is 0.832. The molecule has 0 aliphatic rings. The van der Waals surface area contributed by atoms with Crippen LogP contribution in [0.1, 0.15) is 18.6 Å². The molecule has 5 heteroatoms. The van der Waals surface area contributed by atoms with E-state index in [0.29, 0.717) is 5.76 Å². The fraction of sp³-hybridized carbons (Fsp3) is 0.333. The number of aromatic nitrogens is 1. The Morgan fingerprint density at radius 1 is 1.82 bits per heavy atom. The molecule has 0 N–H and O–H groups in total. The maximum Gasteiger partial charge on any atom is 0.232 e. The lowest BCUT2D eigenvalue weighted by molar-refractivity contribution is -0.113. The van der Waals surface area contributed by atoms with Gasteiger partial charge in [0.1, 0.15) is 5.76 Å². The molecular weight excluding hydrogens is 189 g/mol. The van der Waals surface area contributed by atoms with Gasteiger partial charge in [0.2, 0.25) is 5.24 Å². The van der Waals surface area contributed by atoms with Gasteiger partial charge >= 0.3 is 0 Å². The molecular formula is C6H5Cl2NO2. The molecule has 0 aliphatic carbocycles. The Labute approximate surface area is 73.3 Å². The van der Waals surface area contributed by atoms with Crippen LogP contribution in [0.2, 0.25) is 5.15 Å². The van der Waals surface area contributed by atoms with Crippen molar-refractivity contribution in [2.75, 3.05) is 0 Å². The molecule has 1 aromatic heterocycles. The summed E-state index contributed by atoms with van der Waals surface area (Å²) < 4.78 is 4.70. The Kier molecular flexibility index (Phi) is 2.52. The van der Waals surface area contributed by atoms with Crippen molar-refractivity contribution in [2.24, 2.45) is 0 Å². The van der Waals surface area contributed by atoms with Gasteiger partial charge < -0.3 is 4.52 Å². The molecule has 1 atom stereocenters. The number of carbonyl (C=O) groups is 1. The predicted molar refractivity (Wildman–Crippen MR) is 40.8 cm³/mol. The second-order valence-electron chi connectivity index (χ2n) is 2.08. The molecule has 0 aliphatic heterocycles. The molecule has 1 heterocycles. The minimum Gasteiger partial charge on any atom is -0.359 e. The van der Waals surface area contributed by atoms with Crippen molar-refractivity contribution >= 4 is 28.4 Å². The SMILES string of the molecule is CC(C(=O)Cl)c1cc(Cl)no1. The Morgan fingerprint density at radius 2 is 2.45 bits per heavy atom. The molecule has 0 fully saturated rings. The molecule has 1 aromatic rings. The van der Waals surface area contributed by atoms with Gasteiger partial charge in [-0.1, -0.05) is 16.8 Å². The van der Waals surface area contributed by atoms with E-state index in [4.69, 9.17) is 27.7 Å². The molecule has 0 amide bonds. The zero-order valence-electron chi connectivity index (χ0n) is 5.67. The van der Waals surface area contributed by atoms with Gasteiger partial charge in [0, 0.05) is 6.07 Å². The number of hydrogen-bond acceptors (Lipinski definition) is 3. The van der Waals surface area contributed by atoms with Gasteiger partial charge in [0.25, 0.3) is 0 Å². The van der Waals surface area contributed by atoms with Crippen molar-refractivity contribution in [3.8, 4) is 0 Å². The molecule has 1 rings (SSSR count). The average Bonchev–Trinajstić information content (AvgIpc) is 2.34. The van der Waals surface area contributed by atoms with E-state index in [1.807, 2.05) is 0 Å². The molecule has 0 radical (unpaired) electrons. The summed E-state index contributed by atoms with van der Waals surface area (Å²) in [6, 6.07) is 1.46. The quantitative estimate of drug-likeness (QED) is 0.677. The van der Waals surface area contributed by atoms with Crippen molar-refractivity contribution in [1.82, 2.24) is 5.16 Å². The molecule has 0 spiro atoms. The first-order valence-corrected chi connectivity index (χ1v) is 3.68. The number of nitrogens with zero attached hydrogens (tertiary/aromatic N) is 1. The van der Waals surface area contributed by atoms with E-state index in [0.717, 1.165) is 0 Å². The summed E-state index contributed by atoms with van der Waals surface area (Å²) in [7, 11) is 0. The number of halogens is 2. The third kappa shape index (κ3) is 1.94. The molecule has 0 bridgehead atoms. The standard InChI is InChI=1S/C6H5Cl2NO2/c1-3(6(8)10)4-2-5(7)9-11-4/h2-3H,1H3. The lowest BCUT2D eigenvalue weighted by Gasteiger charge is -1.96. The second kappa shape index (κ2) is 3.24. The Balaban J connectivity index is 2.84. The van der Waals surface area contributed by atoms with Crippen LogP contribution in [0, 0.1) is 0 Å². The van der Waals surface area contributed by atoms with E-state index in [9.17, 15) is 4.79 Å². The largest absolute Gasteiger partial charge is 0.359 e. The van der Waals surface area contributed by atoms with Gasteiger partial charge in [-0.2, -0.15) is 0 Å². The third-order valence-corrected chi connectivity index (χ3v) is 1.77. The smallest absolute Gasteiger partial charge is 0.232 e. The monoisotopic (exact) mass is 193 g/mol. The summed E-state index contributed by atoms with van der Waals surface area (Å²) >= 11 is 10.7. The average molecular weight is 194 g/mol. The maximum absolute atomic E-state index is 10.6. The number of hydrogen-bond donors (Lipinski definition) is 0. The van der Waals surface area contributed by atoms with Crippen molar-refractivity contribution in [3.05, 3.63) is 17.0 Å². The zero-order chi connectivity index (χ0) is 8.43. The van der Waals surface area contributed by atoms with Gasteiger partial charge in [-0.3, -0.25) is 4.79 Å². The lowest BCUT2D eigenvalue weighted by Crippen LogP contribution is -1.99. The van der Waals surface area contributed by atoms with Crippen LogP contribution in [0.3, 0.4) is 0 Å². The van der Waals surface area contributed by atoms with Crippen LogP contribution in [0.25, 0.3) is 0 Å². The molecule has 0 saturated carbocycles. The highest BCUT2D eigenvalue weighted by Crippen LogP contribution is 2.20. The van der Waals surface area contributed by atoms with E-state index in [-0.39, 0.29) is 5.15 Å². The van der Waals surface area contributed by atoms with E-state index < -0.39 is 11.2 Å². The molecule has 3 nitrogen and oxygen atoms in total. The van der Waals surface area contributed by atoms with E-state index in [2.05, 4.69) is 5.16 Å². The van der Waals surface area contributed by atoms with Crippen LogP contribution in [-0.4, -0.2) is 10.4 Å². The zero-order valence-corrected chi connectivity index (χ0v) is 7.19. The van der Waals surface area contributed by atoms with Crippen LogP contribution < -0.4 is 0 Å². The van der Waals surface area contributed by atoms with E-state index in [1.54, 1.807) is 6.92 Å². The minimum atomic E-state index is -0.489. The minimum absolute atomic E-state index is 0.227. The highest BCUT2D eigenvalue weighted by atomic mass is 35.5. The van der Waals surface area contributed by atoms with Crippen molar-refractivity contribution in [3.63, 3.8) is 0 Å². The summed E-state index contributed by atoms with van der Waals surface area (Å²) in [4.78, 5) is 10.6. The normalized spacial score (nSPS) is 13.0. The molecule has 0 saturated heterocycles. The Hall–Kier alpha value is -0.540. The van der Waals surface area contributed by atoms with Gasteiger partial charge in [0.05, 0.1) is 5.92 Å². The predicted octanol–water partition coefficient (Wildman–Crippen LogP) is 2.20. The van der Waals surface area contributed by atoms with Crippen LogP contribution >= 0.6 is 23.2 Å². The van der Waals surface area contributed by atoms with Gasteiger partial charge in [0.15, 0.2) is 5.15 Å². The van der Waals surface area contributed by atoms with Crippen LogP contribution in [-0.2, 0) is 4.79 Å². The van der Waals surface area contributed by atoms with Crippen molar-refractivity contribution in [1.29, 1.82) is 0 Å². The third-order valence-electron chi connectivity index (χ3n) is 1.27. The lowest BCUT2D eigenvalue weighted by atomic mass is 10.1. The van der Waals surface area contributed by atoms with Crippen molar-refractivity contribution in [2.45, 2.75) is 12.8 Å². The molecule has 11 heavy (non-hydrogen) atoms. The second-order valence-corrected chi connectivity index (χ2v) is 2.84. The van der Waals surface area contributed by atoms with Gasteiger partial charge in [-0.25, -0.2) is 0 Å².